The zero-order valence-corrected chi connectivity index (χ0v) is 46.8. The van der Waals surface area contributed by atoms with E-state index in [1.807, 2.05) is 0 Å². The van der Waals surface area contributed by atoms with Gasteiger partial charge in [0.25, 0.3) is 6.71 Å². The highest BCUT2D eigenvalue weighted by Gasteiger charge is 2.54. The summed E-state index contributed by atoms with van der Waals surface area (Å²) in [7, 11) is 0. The maximum absolute atomic E-state index is 7.84. The number of rotatable bonds is 2. The van der Waals surface area contributed by atoms with Crippen molar-refractivity contribution < 1.29 is 4.42 Å². The molecule has 0 spiro atoms. The summed E-state index contributed by atoms with van der Waals surface area (Å²) in [5, 5.41) is 1.28. The van der Waals surface area contributed by atoms with Crippen LogP contribution in [0.3, 0.4) is 0 Å². The molecule has 10 aliphatic rings. The molecule has 8 aliphatic carbocycles. The summed E-state index contributed by atoms with van der Waals surface area (Å²) >= 11 is 0. The second-order valence-electron chi connectivity index (χ2n) is 30.2. The third kappa shape index (κ3) is 5.94. The van der Waals surface area contributed by atoms with E-state index < -0.39 is 0 Å². The Morgan fingerprint density at radius 1 is 0.417 bits per heavy atom. The van der Waals surface area contributed by atoms with Gasteiger partial charge in [0, 0.05) is 33.8 Å². The van der Waals surface area contributed by atoms with Gasteiger partial charge >= 0.3 is 0 Å². The minimum atomic E-state index is -0.111. The summed E-state index contributed by atoms with van der Waals surface area (Å²) in [5.41, 5.74) is 27.4. The maximum atomic E-state index is 7.84. The second kappa shape index (κ2) is 13.8. The van der Waals surface area contributed by atoms with E-state index in [9.17, 15) is 0 Å². The monoisotopic (exact) mass is 953 g/mol. The van der Waals surface area contributed by atoms with Crippen LogP contribution in [-0.2, 0) is 48.7 Å². The standard InChI is InChI=1S/C68H81BN2O/c1-60(2,3)40-32-54-57-55(33-40)71(42-17-19-45-47(35-42)64(10,11)23-21-62(45,6)7)58-43-36-48-51(68(15)30-24-65(48,12)25-31-68)39-56(43)72-59(58)69(57)52-37-49-50(67(14)28-26-66(49,13)27-29-67)38-53(52)70(54)41-16-18-44-46(34-41)63(8,9)22-20-61(44,4)5/h16-19,32-39H,20-31H2,1-15H3. The third-order valence-corrected chi connectivity index (χ3v) is 22.5. The first-order chi connectivity index (χ1) is 33.7. The number of fused-ring (bicyclic) bond motifs is 12. The molecule has 0 saturated heterocycles. The molecule has 372 valence electrons. The summed E-state index contributed by atoms with van der Waals surface area (Å²) in [5.74, 6) is 0. The maximum Gasteiger partial charge on any atom is 0.297 e. The van der Waals surface area contributed by atoms with E-state index in [0.29, 0.717) is 0 Å². The van der Waals surface area contributed by atoms with Crippen molar-refractivity contribution in [2.45, 2.75) is 230 Å². The molecule has 72 heavy (non-hydrogen) atoms. The van der Waals surface area contributed by atoms with Crippen LogP contribution in [0.5, 0.6) is 0 Å². The molecule has 0 amide bonds. The van der Waals surface area contributed by atoms with Crippen LogP contribution in [-0.4, -0.2) is 6.71 Å². The van der Waals surface area contributed by atoms with Gasteiger partial charge in [-0.2, -0.15) is 0 Å². The van der Waals surface area contributed by atoms with Gasteiger partial charge in [-0.05, 0) is 241 Å². The summed E-state index contributed by atoms with van der Waals surface area (Å²) in [4.78, 5) is 5.49. The predicted octanol–water partition coefficient (Wildman–Crippen LogP) is 16.7. The SMILES string of the molecule is CC(C)(C)c1cc2c3c(c1)N(c1ccc4c(c1)C(C)(C)CCC4(C)C)c1c(oc4cc5c(cc14)C1(C)CCC5(C)CC1)B3c1cc3c(cc1N2c1ccc2c(c1)C(C)(C)CCC2(C)C)C1(C)CCC3(C)CC1. The van der Waals surface area contributed by atoms with Crippen LogP contribution >= 0.6 is 0 Å². The van der Waals surface area contributed by atoms with Crippen LogP contribution in [0.4, 0.5) is 34.1 Å². The van der Waals surface area contributed by atoms with Crippen LogP contribution in [0.1, 0.15) is 231 Å². The Morgan fingerprint density at radius 3 is 1.32 bits per heavy atom. The molecule has 0 unspecified atom stereocenters. The summed E-state index contributed by atoms with van der Waals surface area (Å²) < 4.78 is 7.84. The number of anilines is 6. The molecule has 2 fully saturated rings. The van der Waals surface area contributed by atoms with E-state index in [1.54, 1.807) is 22.3 Å². The van der Waals surface area contributed by atoms with Crippen LogP contribution in [0, 0.1) is 0 Å². The van der Waals surface area contributed by atoms with E-state index in [-0.39, 0.29) is 55.4 Å². The Labute approximate surface area is 433 Å². The molecule has 3 heterocycles. The number of benzene rings is 5. The highest BCUT2D eigenvalue weighted by atomic mass is 16.3. The number of hydrogen-bond acceptors (Lipinski definition) is 3. The Morgan fingerprint density at radius 2 is 0.833 bits per heavy atom. The lowest BCUT2D eigenvalue weighted by atomic mass is 9.34. The number of nitrogens with zero attached hydrogens (tertiary/aromatic N) is 2. The molecule has 1 aromatic heterocycles. The quantitative estimate of drug-likeness (QED) is 0.161. The van der Waals surface area contributed by atoms with E-state index in [4.69, 9.17) is 4.42 Å². The van der Waals surface area contributed by atoms with E-state index in [0.717, 1.165) is 11.2 Å². The number of hydrogen-bond donors (Lipinski definition) is 0. The molecule has 4 heteroatoms. The Balaban J connectivity index is 1.13. The van der Waals surface area contributed by atoms with Crippen molar-refractivity contribution in [1.29, 1.82) is 0 Å². The molecule has 4 bridgehead atoms. The molecule has 16 rings (SSSR count). The molecule has 0 N–H and O–H groups in total. The molecule has 0 atom stereocenters. The Bertz CT molecular complexity index is 3380. The molecule has 5 aromatic carbocycles. The van der Waals surface area contributed by atoms with Gasteiger partial charge in [0.15, 0.2) is 0 Å². The molecular weight excluding hydrogens is 872 g/mol. The lowest BCUT2D eigenvalue weighted by Crippen LogP contribution is -2.61. The topological polar surface area (TPSA) is 19.6 Å². The Hall–Kier alpha value is -4.70. The van der Waals surface area contributed by atoms with Crippen molar-refractivity contribution in [3.05, 3.63) is 123 Å². The van der Waals surface area contributed by atoms with E-state index in [1.165, 1.54) is 155 Å². The molecule has 2 saturated carbocycles. The smallest absolute Gasteiger partial charge is 0.297 e. The lowest BCUT2D eigenvalue weighted by Gasteiger charge is -2.53. The van der Waals surface area contributed by atoms with Crippen molar-refractivity contribution in [1.82, 2.24) is 0 Å². The molecule has 0 radical (unpaired) electrons. The van der Waals surface area contributed by atoms with Gasteiger partial charge in [0.1, 0.15) is 5.58 Å². The van der Waals surface area contributed by atoms with Crippen molar-refractivity contribution in [3.63, 3.8) is 0 Å². The zero-order valence-electron chi connectivity index (χ0n) is 46.8. The van der Waals surface area contributed by atoms with Gasteiger partial charge in [0.05, 0.1) is 11.3 Å². The van der Waals surface area contributed by atoms with Gasteiger partial charge in [-0.15, -0.1) is 0 Å². The average Bonchev–Trinajstić information content (AvgIpc) is 3.70. The molecule has 6 aromatic rings. The van der Waals surface area contributed by atoms with Crippen molar-refractivity contribution in [3.8, 4) is 0 Å². The fourth-order valence-electron chi connectivity index (χ4n) is 16.8. The zero-order chi connectivity index (χ0) is 50.5. The third-order valence-electron chi connectivity index (χ3n) is 22.5. The summed E-state index contributed by atoms with van der Waals surface area (Å²) in [6, 6.07) is 31.2. The van der Waals surface area contributed by atoms with Crippen LogP contribution in [0.15, 0.2) is 77.2 Å². The van der Waals surface area contributed by atoms with Gasteiger partial charge < -0.3 is 14.2 Å². The minimum Gasteiger partial charge on any atom is -0.468 e. The van der Waals surface area contributed by atoms with Crippen LogP contribution in [0.2, 0.25) is 0 Å². The van der Waals surface area contributed by atoms with Gasteiger partial charge in [-0.1, -0.05) is 122 Å². The highest BCUT2D eigenvalue weighted by molar-refractivity contribution is 7.00. The van der Waals surface area contributed by atoms with E-state index in [2.05, 4.69) is 186 Å². The number of furan rings is 1. The Kier molecular flexibility index (Phi) is 8.77. The molecule has 3 nitrogen and oxygen atoms in total. The summed E-state index contributed by atoms with van der Waals surface area (Å²) in [6.07, 6.45) is 14.8. The van der Waals surface area contributed by atoms with Gasteiger partial charge in [-0.3, -0.25) is 0 Å². The van der Waals surface area contributed by atoms with Crippen molar-refractivity contribution in [2.75, 3.05) is 9.80 Å². The fraction of sp³-hybridized carbons (Fsp3) is 0.529. The summed E-state index contributed by atoms with van der Waals surface area (Å²) in [6.45, 7) is 37.3. The first-order valence-corrected chi connectivity index (χ1v) is 28.5. The fourth-order valence-corrected chi connectivity index (χ4v) is 16.8. The second-order valence-corrected chi connectivity index (χ2v) is 30.2. The lowest BCUT2D eigenvalue weighted by molar-refractivity contribution is 0.188. The predicted molar refractivity (Wildman–Crippen MR) is 306 cm³/mol. The van der Waals surface area contributed by atoms with Gasteiger partial charge in [-0.25, -0.2) is 0 Å². The normalized spacial score (nSPS) is 29.2. The molecule has 2 aliphatic heterocycles. The van der Waals surface area contributed by atoms with Crippen LogP contribution < -0.4 is 26.4 Å². The average molecular weight is 953 g/mol. The van der Waals surface area contributed by atoms with Crippen molar-refractivity contribution in [2.24, 2.45) is 0 Å². The first kappa shape index (κ1) is 45.9. The first-order valence-electron chi connectivity index (χ1n) is 28.5. The highest BCUT2D eigenvalue weighted by Crippen LogP contribution is 2.61. The minimum absolute atomic E-state index is 0.0608. The van der Waals surface area contributed by atoms with E-state index >= 15 is 0 Å². The van der Waals surface area contributed by atoms with Crippen LogP contribution in [0.25, 0.3) is 11.0 Å². The van der Waals surface area contributed by atoms with Crippen molar-refractivity contribution >= 4 is 68.4 Å². The molecular formula is C68H81BN2O. The van der Waals surface area contributed by atoms with Gasteiger partial charge in [0.2, 0.25) is 0 Å². The largest absolute Gasteiger partial charge is 0.468 e.